The van der Waals surface area contributed by atoms with Crippen molar-refractivity contribution in [2.45, 2.75) is 19.8 Å². The van der Waals surface area contributed by atoms with Crippen LogP contribution in [-0.4, -0.2) is 54.9 Å². The fourth-order valence-electron chi connectivity index (χ4n) is 6.37. The first-order chi connectivity index (χ1) is 28.6. The van der Waals surface area contributed by atoms with E-state index in [1.54, 1.807) is 66.7 Å². The Morgan fingerprint density at radius 3 is 1.71 bits per heavy atom. The Labute approximate surface area is 342 Å². The molecule has 6 rings (SSSR count). The summed E-state index contributed by atoms with van der Waals surface area (Å²) in [6.45, 7) is 9.85. The van der Waals surface area contributed by atoms with E-state index in [0.717, 1.165) is 45.4 Å². The molecule has 0 aliphatic rings. The number of carbonyl (C=O) groups is 4. The van der Waals surface area contributed by atoms with Crippen molar-refractivity contribution in [3.63, 3.8) is 0 Å². The minimum atomic E-state index is -0.598. The second-order valence-electron chi connectivity index (χ2n) is 13.3. The van der Waals surface area contributed by atoms with E-state index in [-0.39, 0.29) is 24.7 Å². The predicted octanol–water partition coefficient (Wildman–Crippen LogP) is 9.26. The van der Waals surface area contributed by atoms with Crippen molar-refractivity contribution < 1.29 is 47.6 Å². The molecule has 300 valence electrons. The lowest BCUT2D eigenvalue weighted by molar-refractivity contribution is -0.138. The third kappa shape index (κ3) is 10.5. The predicted molar refractivity (Wildman–Crippen MR) is 224 cm³/mol. The normalized spacial score (nSPS) is 10.7. The first kappa shape index (κ1) is 41.2. The summed E-state index contributed by atoms with van der Waals surface area (Å²) in [5.41, 5.74) is 6.07. The highest BCUT2D eigenvalue weighted by Crippen LogP contribution is 2.38. The van der Waals surface area contributed by atoms with Gasteiger partial charge in [0.25, 0.3) is 0 Å². The van der Waals surface area contributed by atoms with Crippen molar-refractivity contribution in [3.05, 3.63) is 157 Å². The molecule has 59 heavy (non-hydrogen) atoms. The van der Waals surface area contributed by atoms with Crippen molar-refractivity contribution in [2.24, 2.45) is 7.05 Å². The van der Waals surface area contributed by atoms with E-state index in [1.165, 1.54) is 0 Å². The molecule has 0 aliphatic carbocycles. The zero-order valence-corrected chi connectivity index (χ0v) is 32.8. The topological polar surface area (TPSA) is 129 Å². The standard InChI is InChI=1S/C48H43NO10/c1-5-44(50)56-28-10-26-54-37-20-16-33(17-21-37)47(52)58-39-24-25-43(59-48(53)34-18-22-38(23-19-34)55-27-11-29-57-45(51)6-2)41(31-39)35-12-9-13-36(30-35)46-32(3)40-14-7-8-15-42(40)49(46)4/h5-9,12-25,30-31H,1-2,10-11,26-29H2,3-4H3. The molecule has 11 heteroatoms. The average Bonchev–Trinajstić information content (AvgIpc) is 3.52. The summed E-state index contributed by atoms with van der Waals surface area (Å²) in [6, 6.07) is 34.0. The molecule has 5 aromatic carbocycles. The number of ether oxygens (including phenoxy) is 6. The summed E-state index contributed by atoms with van der Waals surface area (Å²) in [7, 11) is 2.03. The highest BCUT2D eigenvalue weighted by atomic mass is 16.5. The second-order valence-corrected chi connectivity index (χ2v) is 13.3. The van der Waals surface area contributed by atoms with E-state index in [4.69, 9.17) is 28.4 Å². The lowest BCUT2D eigenvalue weighted by Gasteiger charge is -2.15. The van der Waals surface area contributed by atoms with E-state index < -0.39 is 23.9 Å². The maximum atomic E-state index is 13.5. The fraction of sp³-hybridized carbons (Fsp3) is 0.167. The Morgan fingerprint density at radius 1 is 0.593 bits per heavy atom. The second kappa shape index (κ2) is 19.6. The van der Waals surface area contributed by atoms with Crippen LogP contribution < -0.4 is 18.9 Å². The number of nitrogens with zero attached hydrogens (tertiary/aromatic N) is 1. The molecule has 0 bridgehead atoms. The first-order valence-electron chi connectivity index (χ1n) is 18.9. The van der Waals surface area contributed by atoms with E-state index in [9.17, 15) is 19.2 Å². The summed E-state index contributed by atoms with van der Waals surface area (Å²) in [5, 5.41) is 1.15. The highest BCUT2D eigenvalue weighted by molar-refractivity contribution is 5.95. The van der Waals surface area contributed by atoms with Crippen LogP contribution in [0.3, 0.4) is 0 Å². The van der Waals surface area contributed by atoms with Crippen molar-refractivity contribution >= 4 is 34.8 Å². The Kier molecular flexibility index (Phi) is 13.7. The van der Waals surface area contributed by atoms with Gasteiger partial charge < -0.3 is 33.0 Å². The highest BCUT2D eigenvalue weighted by Gasteiger charge is 2.19. The van der Waals surface area contributed by atoms with Crippen molar-refractivity contribution in [2.75, 3.05) is 26.4 Å². The number of aryl methyl sites for hydroxylation is 2. The van der Waals surface area contributed by atoms with Crippen LogP contribution in [0.2, 0.25) is 0 Å². The van der Waals surface area contributed by atoms with Gasteiger partial charge in [-0.25, -0.2) is 19.2 Å². The van der Waals surface area contributed by atoms with Crippen LogP contribution in [0.5, 0.6) is 23.0 Å². The van der Waals surface area contributed by atoms with Gasteiger partial charge in [0.2, 0.25) is 0 Å². The molecule has 0 radical (unpaired) electrons. The molecule has 0 saturated carbocycles. The summed E-state index contributed by atoms with van der Waals surface area (Å²) in [5.74, 6) is -0.599. The Balaban J connectivity index is 1.21. The van der Waals surface area contributed by atoms with Gasteiger partial charge >= 0.3 is 23.9 Å². The molecule has 6 aromatic rings. The van der Waals surface area contributed by atoms with Gasteiger partial charge in [-0.2, -0.15) is 0 Å². The molecular weight excluding hydrogens is 751 g/mol. The largest absolute Gasteiger partial charge is 0.493 e. The quantitative estimate of drug-likeness (QED) is 0.0360. The van der Waals surface area contributed by atoms with Crippen LogP contribution in [0, 0.1) is 6.92 Å². The lowest BCUT2D eigenvalue weighted by atomic mass is 9.99. The third-order valence-corrected chi connectivity index (χ3v) is 9.29. The van der Waals surface area contributed by atoms with Crippen molar-refractivity contribution in [1.82, 2.24) is 4.57 Å². The molecule has 0 N–H and O–H groups in total. The molecule has 0 amide bonds. The van der Waals surface area contributed by atoms with E-state index >= 15 is 0 Å². The Bertz CT molecular complexity index is 2440. The SMILES string of the molecule is C=CC(=O)OCCCOc1ccc(C(=O)Oc2ccc(OC(=O)c3ccc(OCCCOC(=O)C=C)cc3)c(-c3cccc(-c4c(C)c5ccccc5n4C)c3)c2)cc1. The van der Waals surface area contributed by atoms with Gasteiger partial charge in [0.05, 0.1) is 43.2 Å². The zero-order valence-electron chi connectivity index (χ0n) is 32.8. The smallest absolute Gasteiger partial charge is 0.343 e. The van der Waals surface area contributed by atoms with Gasteiger partial charge in [-0.05, 0) is 102 Å². The van der Waals surface area contributed by atoms with Crippen LogP contribution in [0.15, 0.2) is 141 Å². The van der Waals surface area contributed by atoms with Gasteiger partial charge in [0.15, 0.2) is 0 Å². The fourth-order valence-corrected chi connectivity index (χ4v) is 6.37. The molecule has 0 unspecified atom stereocenters. The van der Waals surface area contributed by atoms with Gasteiger partial charge in [0, 0.05) is 48.5 Å². The lowest BCUT2D eigenvalue weighted by Crippen LogP contribution is -2.11. The summed E-state index contributed by atoms with van der Waals surface area (Å²) in [4.78, 5) is 49.3. The number of hydrogen-bond acceptors (Lipinski definition) is 10. The molecule has 1 aromatic heterocycles. The molecule has 0 aliphatic heterocycles. The average molecular weight is 794 g/mol. The molecular formula is C48H43NO10. The van der Waals surface area contributed by atoms with E-state index in [0.29, 0.717) is 54.2 Å². The van der Waals surface area contributed by atoms with Crippen LogP contribution >= 0.6 is 0 Å². The van der Waals surface area contributed by atoms with Gasteiger partial charge in [-0.1, -0.05) is 49.6 Å². The number of aromatic nitrogens is 1. The number of rotatable bonds is 18. The van der Waals surface area contributed by atoms with E-state index in [2.05, 4.69) is 36.8 Å². The van der Waals surface area contributed by atoms with Crippen LogP contribution in [0.25, 0.3) is 33.3 Å². The molecule has 0 spiro atoms. The minimum absolute atomic E-state index is 0.197. The molecule has 0 atom stereocenters. The summed E-state index contributed by atoms with van der Waals surface area (Å²) >= 11 is 0. The maximum absolute atomic E-state index is 13.5. The summed E-state index contributed by atoms with van der Waals surface area (Å²) in [6.07, 6.45) is 3.18. The molecule has 1 heterocycles. The Morgan fingerprint density at radius 2 is 1.14 bits per heavy atom. The number of esters is 4. The minimum Gasteiger partial charge on any atom is -0.493 e. The number of carbonyl (C=O) groups excluding carboxylic acids is 4. The number of para-hydroxylation sites is 1. The van der Waals surface area contributed by atoms with E-state index in [1.807, 2.05) is 43.4 Å². The van der Waals surface area contributed by atoms with Gasteiger partial charge in [0.1, 0.15) is 23.0 Å². The maximum Gasteiger partial charge on any atom is 0.343 e. The number of benzene rings is 5. The van der Waals surface area contributed by atoms with Crippen LogP contribution in [0.1, 0.15) is 39.1 Å². The number of hydrogen-bond donors (Lipinski definition) is 0. The van der Waals surface area contributed by atoms with Gasteiger partial charge in [-0.15, -0.1) is 0 Å². The zero-order chi connectivity index (χ0) is 41.7. The monoisotopic (exact) mass is 793 g/mol. The van der Waals surface area contributed by atoms with Crippen molar-refractivity contribution in [3.8, 4) is 45.4 Å². The van der Waals surface area contributed by atoms with Crippen molar-refractivity contribution in [1.29, 1.82) is 0 Å². The number of fused-ring (bicyclic) bond motifs is 1. The first-order valence-corrected chi connectivity index (χ1v) is 18.9. The van der Waals surface area contributed by atoms with Gasteiger partial charge in [-0.3, -0.25) is 0 Å². The molecule has 11 nitrogen and oxygen atoms in total. The van der Waals surface area contributed by atoms with Crippen LogP contribution in [-0.2, 0) is 26.1 Å². The Hall–Kier alpha value is -7.40. The third-order valence-electron chi connectivity index (χ3n) is 9.29. The molecule has 0 saturated heterocycles. The molecule has 0 fully saturated rings. The summed E-state index contributed by atoms with van der Waals surface area (Å²) < 4.78 is 35.3. The van der Waals surface area contributed by atoms with Crippen LogP contribution in [0.4, 0.5) is 0 Å².